The third kappa shape index (κ3) is 3.56. The van der Waals surface area contributed by atoms with Crippen LogP contribution in [0.1, 0.15) is 6.42 Å². The van der Waals surface area contributed by atoms with E-state index >= 15 is 0 Å². The summed E-state index contributed by atoms with van der Waals surface area (Å²) in [5, 5.41) is 17.1. The van der Waals surface area contributed by atoms with Gasteiger partial charge >= 0.3 is 0 Å². The van der Waals surface area contributed by atoms with Crippen molar-refractivity contribution in [3.8, 4) is 17.3 Å². The molecule has 1 aliphatic carbocycles. The molecule has 0 radical (unpaired) electrons. The highest BCUT2D eigenvalue weighted by atomic mass is 19.1. The maximum atomic E-state index is 14.5. The lowest BCUT2D eigenvalue weighted by molar-refractivity contribution is 0.584. The molecule has 2 aromatic heterocycles. The van der Waals surface area contributed by atoms with E-state index in [1.54, 1.807) is 36.4 Å². The van der Waals surface area contributed by atoms with Crippen LogP contribution in [0.3, 0.4) is 0 Å². The van der Waals surface area contributed by atoms with Gasteiger partial charge in [0.2, 0.25) is 5.95 Å². The maximum Gasteiger partial charge on any atom is 0.274 e. The van der Waals surface area contributed by atoms with E-state index in [0.717, 1.165) is 11.8 Å². The number of hydrogen-bond donors (Lipinski definition) is 0. The van der Waals surface area contributed by atoms with Gasteiger partial charge in [-0.05, 0) is 29.0 Å². The Morgan fingerprint density at radius 2 is 2.03 bits per heavy atom. The molecule has 2 heterocycles. The Balaban J connectivity index is 1.91. The number of rotatable bonds is 4. The molecule has 30 heavy (non-hydrogen) atoms. The Labute approximate surface area is 170 Å². The summed E-state index contributed by atoms with van der Waals surface area (Å²) in [5.74, 6) is -0.819. The third-order valence-electron chi connectivity index (χ3n) is 4.70. The molecule has 8 heteroatoms. The lowest BCUT2D eigenvalue weighted by Gasteiger charge is -2.12. The van der Waals surface area contributed by atoms with E-state index < -0.39 is 5.95 Å². The monoisotopic (exact) mass is 399 g/mol. The molecule has 0 amide bonds. The molecule has 1 aliphatic rings. The molecule has 0 atom stereocenters. The van der Waals surface area contributed by atoms with Gasteiger partial charge in [-0.1, -0.05) is 36.4 Å². The van der Waals surface area contributed by atoms with Crippen LogP contribution in [-0.2, 0) is 6.54 Å². The fourth-order valence-corrected chi connectivity index (χ4v) is 3.22. The zero-order valence-electron chi connectivity index (χ0n) is 15.6. The summed E-state index contributed by atoms with van der Waals surface area (Å²) in [6.07, 6.45) is 8.65. The molecule has 0 N–H and O–H groups in total. The van der Waals surface area contributed by atoms with Gasteiger partial charge in [0.15, 0.2) is 0 Å². The average Bonchev–Trinajstić information content (AvgIpc) is 3.01. The van der Waals surface area contributed by atoms with Crippen LogP contribution in [-0.4, -0.2) is 14.8 Å². The summed E-state index contributed by atoms with van der Waals surface area (Å²) in [5.41, 5.74) is 1.15. The van der Waals surface area contributed by atoms with Crippen LogP contribution in [0.4, 0.5) is 10.1 Å². The van der Waals surface area contributed by atoms with E-state index in [9.17, 15) is 14.1 Å². The van der Waals surface area contributed by atoms with Crippen molar-refractivity contribution in [2.45, 2.75) is 13.0 Å². The summed E-state index contributed by atoms with van der Waals surface area (Å²) in [6, 6.07) is 10.1. The fourth-order valence-electron chi connectivity index (χ4n) is 3.22. The highest BCUT2D eigenvalue weighted by Crippen LogP contribution is 2.29. The summed E-state index contributed by atoms with van der Waals surface area (Å²) >= 11 is 0. The van der Waals surface area contributed by atoms with Crippen LogP contribution in [0.2, 0.25) is 0 Å². The molecule has 0 fully saturated rings. The molecular weight excluding hydrogens is 385 g/mol. The molecule has 146 valence electrons. The predicted molar refractivity (Wildman–Crippen MR) is 110 cm³/mol. The van der Waals surface area contributed by atoms with Gasteiger partial charge in [0.25, 0.3) is 5.56 Å². The van der Waals surface area contributed by atoms with Crippen molar-refractivity contribution in [2.75, 3.05) is 0 Å². The van der Waals surface area contributed by atoms with Crippen molar-refractivity contribution < 1.29 is 4.39 Å². The number of benzene rings is 1. The van der Waals surface area contributed by atoms with Gasteiger partial charge in [-0.2, -0.15) is 14.8 Å². The number of fused-ring (bicyclic) bond motifs is 1. The number of aromatic nitrogens is 3. The average molecular weight is 399 g/mol. The second kappa shape index (κ2) is 8.01. The minimum Gasteiger partial charge on any atom is -0.267 e. The minimum absolute atomic E-state index is 0.0194. The largest absolute Gasteiger partial charge is 0.274 e. The Kier molecular flexibility index (Phi) is 5.09. The Bertz CT molecular complexity index is 1360. The summed E-state index contributed by atoms with van der Waals surface area (Å²) in [6.45, 7) is 0.128. The molecule has 0 saturated carbocycles. The van der Waals surface area contributed by atoms with Gasteiger partial charge in [0.05, 0.1) is 29.8 Å². The van der Waals surface area contributed by atoms with Gasteiger partial charge < -0.3 is 0 Å². The van der Waals surface area contributed by atoms with E-state index in [2.05, 4.69) is 21.3 Å². The van der Waals surface area contributed by atoms with Crippen LogP contribution in [0, 0.1) is 22.2 Å². The van der Waals surface area contributed by atoms with Crippen molar-refractivity contribution >= 4 is 16.5 Å². The van der Waals surface area contributed by atoms with Crippen LogP contribution in [0.25, 0.3) is 22.0 Å². The number of nitriles is 1. The lowest BCUT2D eigenvalue weighted by atomic mass is 10.1. The van der Waals surface area contributed by atoms with Gasteiger partial charge in [0.1, 0.15) is 11.4 Å². The standard InChI is InChI=1S/C22H14FN5O2/c23-21-19(10-16(27-30)12-25-21)20-17-6-1-2-7-18(17)22(29)28(26-20)13-15-5-3-4-14(11-24)8-9-15/h1-3,5-10,12H,4,13H2. The molecule has 3 aromatic rings. The molecule has 4 rings (SSSR count). The predicted octanol–water partition coefficient (Wildman–Crippen LogP) is 4.33. The highest BCUT2D eigenvalue weighted by molar-refractivity contribution is 5.94. The number of allylic oxidation sites excluding steroid dienone is 6. The van der Waals surface area contributed by atoms with Crippen LogP contribution < -0.4 is 5.56 Å². The fraction of sp³-hybridized carbons (Fsp3) is 0.0909. The van der Waals surface area contributed by atoms with Crippen molar-refractivity contribution in [1.29, 1.82) is 5.26 Å². The first-order valence-electron chi connectivity index (χ1n) is 9.06. The number of nitroso groups, excluding NO2 is 1. The normalized spacial score (nSPS) is 13.3. The second-order valence-electron chi connectivity index (χ2n) is 6.63. The van der Waals surface area contributed by atoms with Gasteiger partial charge in [-0.15, -0.1) is 4.91 Å². The van der Waals surface area contributed by atoms with Gasteiger partial charge in [0, 0.05) is 17.4 Å². The van der Waals surface area contributed by atoms with E-state index in [0.29, 0.717) is 22.8 Å². The zero-order chi connectivity index (χ0) is 21.1. The van der Waals surface area contributed by atoms with Crippen molar-refractivity contribution in [3.05, 3.63) is 93.2 Å². The maximum absolute atomic E-state index is 14.5. The van der Waals surface area contributed by atoms with Crippen LogP contribution in [0.5, 0.6) is 0 Å². The second-order valence-corrected chi connectivity index (χ2v) is 6.63. The van der Waals surface area contributed by atoms with E-state index in [1.807, 2.05) is 12.2 Å². The Morgan fingerprint density at radius 3 is 2.80 bits per heavy atom. The topological polar surface area (TPSA) is 101 Å². The molecule has 0 unspecified atom stereocenters. The van der Waals surface area contributed by atoms with Gasteiger partial charge in [-0.25, -0.2) is 9.67 Å². The number of pyridine rings is 1. The molecule has 0 aliphatic heterocycles. The molecule has 1 aromatic carbocycles. The van der Waals surface area contributed by atoms with Gasteiger partial charge in [-0.3, -0.25) is 4.79 Å². The number of nitrogens with zero attached hydrogens (tertiary/aromatic N) is 5. The van der Waals surface area contributed by atoms with Crippen molar-refractivity contribution in [1.82, 2.24) is 14.8 Å². The minimum atomic E-state index is -0.819. The number of hydrogen-bond acceptors (Lipinski definition) is 6. The van der Waals surface area contributed by atoms with Crippen LogP contribution >= 0.6 is 0 Å². The van der Waals surface area contributed by atoms with E-state index in [-0.39, 0.29) is 29.0 Å². The van der Waals surface area contributed by atoms with E-state index in [4.69, 9.17) is 5.26 Å². The quantitative estimate of drug-likeness (QED) is 0.480. The molecular formula is C22H14FN5O2. The Morgan fingerprint density at radius 1 is 1.23 bits per heavy atom. The Hall–Kier alpha value is -4.25. The number of halogens is 1. The van der Waals surface area contributed by atoms with Crippen molar-refractivity contribution in [2.24, 2.45) is 5.18 Å². The van der Waals surface area contributed by atoms with Crippen molar-refractivity contribution in [3.63, 3.8) is 0 Å². The SMILES string of the molecule is N#CC1=CC=C(Cn2nc(-c3cc(N=O)cnc3F)c3ccccc3c2=O)C=CC1. The first-order chi connectivity index (χ1) is 14.6. The lowest BCUT2D eigenvalue weighted by Crippen LogP contribution is -2.24. The summed E-state index contributed by atoms with van der Waals surface area (Å²) in [4.78, 5) is 27.5. The molecule has 0 spiro atoms. The molecule has 7 nitrogen and oxygen atoms in total. The first kappa shape index (κ1) is 19.1. The van der Waals surface area contributed by atoms with Crippen LogP contribution in [0.15, 0.2) is 82.0 Å². The molecule has 0 saturated heterocycles. The smallest absolute Gasteiger partial charge is 0.267 e. The summed E-state index contributed by atoms with van der Waals surface area (Å²) < 4.78 is 15.7. The van der Waals surface area contributed by atoms with E-state index in [1.165, 1.54) is 10.7 Å². The zero-order valence-corrected chi connectivity index (χ0v) is 15.6. The summed E-state index contributed by atoms with van der Waals surface area (Å²) in [7, 11) is 0. The third-order valence-corrected chi connectivity index (χ3v) is 4.70. The highest BCUT2D eigenvalue weighted by Gasteiger charge is 2.17. The molecule has 0 bridgehead atoms. The first-order valence-corrected chi connectivity index (χ1v) is 9.06.